The molecular weight excluding hydrogens is 272 g/mol. The Balaban J connectivity index is 2.52. The largest absolute Gasteiger partial charge is 0.395 e. The molecule has 0 saturated carbocycles. The summed E-state index contributed by atoms with van der Waals surface area (Å²) in [6.45, 7) is 1.67. The number of aromatic nitrogens is 2. The highest BCUT2D eigenvalue weighted by Gasteiger charge is 2.18. The summed E-state index contributed by atoms with van der Waals surface area (Å²) in [5.41, 5.74) is -0.154. The molecule has 19 heavy (non-hydrogen) atoms. The number of nitro groups is 1. The average Bonchev–Trinajstić information content (AvgIpc) is 2.78. The van der Waals surface area contributed by atoms with Gasteiger partial charge in [0.05, 0.1) is 11.5 Å². The predicted molar refractivity (Wildman–Crippen MR) is 70.9 cm³/mol. The summed E-state index contributed by atoms with van der Waals surface area (Å²) < 4.78 is 1.20. The molecule has 1 heterocycles. The molecule has 0 aliphatic rings. The molecule has 1 aromatic heterocycles. The van der Waals surface area contributed by atoms with Crippen molar-refractivity contribution >= 4 is 23.4 Å². The molecule has 2 N–H and O–H groups in total. The van der Waals surface area contributed by atoms with Crippen molar-refractivity contribution in [1.29, 1.82) is 0 Å². The van der Waals surface area contributed by atoms with Gasteiger partial charge >= 0.3 is 5.69 Å². The maximum absolute atomic E-state index is 11.7. The number of carbonyl (C=O) groups is 1. The van der Waals surface area contributed by atoms with Crippen LogP contribution < -0.4 is 5.32 Å². The number of hydrogen-bond donors (Lipinski definition) is 2. The number of amides is 1. The van der Waals surface area contributed by atoms with Gasteiger partial charge in [0.15, 0.2) is 0 Å². The van der Waals surface area contributed by atoms with Crippen LogP contribution in [0.1, 0.15) is 6.92 Å². The van der Waals surface area contributed by atoms with Gasteiger partial charge in [-0.25, -0.2) is 0 Å². The molecular formula is C10H16N4O4S. The van der Waals surface area contributed by atoms with E-state index in [1.165, 1.54) is 22.6 Å². The highest BCUT2D eigenvalue weighted by atomic mass is 32.2. The molecule has 1 rings (SSSR count). The minimum absolute atomic E-state index is 0.0319. The van der Waals surface area contributed by atoms with Crippen LogP contribution in [-0.4, -0.2) is 49.9 Å². The van der Waals surface area contributed by atoms with Crippen LogP contribution in [0.5, 0.6) is 0 Å². The Hall–Kier alpha value is -1.61. The Morgan fingerprint density at radius 2 is 2.42 bits per heavy atom. The van der Waals surface area contributed by atoms with Gasteiger partial charge in [-0.3, -0.25) is 19.6 Å². The van der Waals surface area contributed by atoms with Crippen LogP contribution in [-0.2, 0) is 11.3 Å². The molecule has 2 atom stereocenters. The summed E-state index contributed by atoms with van der Waals surface area (Å²) in [7, 11) is 0. The molecule has 0 fully saturated rings. The number of nitrogens with zero attached hydrogens (tertiary/aromatic N) is 3. The van der Waals surface area contributed by atoms with Crippen LogP contribution >= 0.6 is 11.8 Å². The summed E-state index contributed by atoms with van der Waals surface area (Å²) >= 11 is 1.46. The zero-order valence-corrected chi connectivity index (χ0v) is 11.5. The van der Waals surface area contributed by atoms with Crippen LogP contribution in [0.4, 0.5) is 5.69 Å². The topological polar surface area (TPSA) is 110 Å². The summed E-state index contributed by atoms with van der Waals surface area (Å²) in [6.07, 6.45) is 4.14. The first kappa shape index (κ1) is 15.4. The zero-order chi connectivity index (χ0) is 14.4. The van der Waals surface area contributed by atoms with E-state index < -0.39 is 4.92 Å². The van der Waals surface area contributed by atoms with Crippen molar-refractivity contribution < 1.29 is 14.8 Å². The van der Waals surface area contributed by atoms with Crippen LogP contribution in [0.3, 0.4) is 0 Å². The molecule has 0 saturated heterocycles. The van der Waals surface area contributed by atoms with Crippen LogP contribution in [0, 0.1) is 10.1 Å². The van der Waals surface area contributed by atoms with Gasteiger partial charge in [0.25, 0.3) is 0 Å². The smallest absolute Gasteiger partial charge is 0.307 e. The standard InChI is InChI=1S/C10H16N4O4S/c1-7(9(6-15)19-2)12-10(16)5-13-4-8(3-11-13)14(17)18/h3-4,7,9,15H,5-6H2,1-2H3,(H,12,16). The van der Waals surface area contributed by atoms with E-state index in [1.54, 1.807) is 6.92 Å². The Bertz CT molecular complexity index is 446. The molecule has 106 valence electrons. The number of aliphatic hydroxyl groups is 1. The van der Waals surface area contributed by atoms with Crippen molar-refractivity contribution in [2.45, 2.75) is 24.8 Å². The second-order valence-corrected chi connectivity index (χ2v) is 5.04. The van der Waals surface area contributed by atoms with Crippen LogP contribution in [0.2, 0.25) is 0 Å². The minimum Gasteiger partial charge on any atom is -0.395 e. The fourth-order valence-electron chi connectivity index (χ4n) is 1.51. The third kappa shape index (κ3) is 4.52. The van der Waals surface area contributed by atoms with E-state index in [-0.39, 0.29) is 36.0 Å². The van der Waals surface area contributed by atoms with Gasteiger partial charge in [-0.2, -0.15) is 16.9 Å². The lowest BCUT2D eigenvalue weighted by atomic mass is 10.2. The van der Waals surface area contributed by atoms with Crippen molar-refractivity contribution in [2.75, 3.05) is 12.9 Å². The summed E-state index contributed by atoms with van der Waals surface area (Å²) in [5.74, 6) is -0.307. The summed E-state index contributed by atoms with van der Waals surface area (Å²) in [5, 5.41) is 25.9. The molecule has 0 radical (unpaired) electrons. The third-order valence-electron chi connectivity index (χ3n) is 2.57. The molecule has 2 unspecified atom stereocenters. The fourth-order valence-corrected chi connectivity index (χ4v) is 2.14. The summed E-state index contributed by atoms with van der Waals surface area (Å²) in [4.78, 5) is 21.6. The maximum Gasteiger partial charge on any atom is 0.307 e. The van der Waals surface area contributed by atoms with Crippen molar-refractivity contribution in [3.63, 3.8) is 0 Å². The average molecular weight is 288 g/mol. The number of aliphatic hydroxyl groups excluding tert-OH is 1. The molecule has 0 aromatic carbocycles. The van der Waals surface area contributed by atoms with Gasteiger partial charge in [-0.1, -0.05) is 0 Å². The Labute approximate surface area is 114 Å². The van der Waals surface area contributed by atoms with E-state index in [1.807, 2.05) is 6.26 Å². The van der Waals surface area contributed by atoms with Gasteiger partial charge < -0.3 is 10.4 Å². The predicted octanol–water partition coefficient (Wildman–Crippen LogP) is 0.0199. The van der Waals surface area contributed by atoms with E-state index >= 15 is 0 Å². The van der Waals surface area contributed by atoms with E-state index in [2.05, 4.69) is 10.4 Å². The van der Waals surface area contributed by atoms with E-state index in [4.69, 9.17) is 5.11 Å². The van der Waals surface area contributed by atoms with Gasteiger partial charge in [-0.15, -0.1) is 0 Å². The minimum atomic E-state index is -0.570. The maximum atomic E-state index is 11.7. The van der Waals surface area contributed by atoms with Crippen LogP contribution in [0.25, 0.3) is 0 Å². The number of rotatable bonds is 7. The first-order valence-electron chi connectivity index (χ1n) is 5.57. The lowest BCUT2D eigenvalue weighted by molar-refractivity contribution is -0.385. The van der Waals surface area contributed by atoms with E-state index in [9.17, 15) is 14.9 Å². The number of hydrogen-bond acceptors (Lipinski definition) is 6. The van der Waals surface area contributed by atoms with E-state index in [0.29, 0.717) is 0 Å². The lowest BCUT2D eigenvalue weighted by Gasteiger charge is -2.21. The van der Waals surface area contributed by atoms with Crippen LogP contribution in [0.15, 0.2) is 12.4 Å². The van der Waals surface area contributed by atoms with Gasteiger partial charge in [0.1, 0.15) is 18.9 Å². The lowest BCUT2D eigenvalue weighted by Crippen LogP contribution is -2.42. The number of thioether (sulfide) groups is 1. The third-order valence-corrected chi connectivity index (χ3v) is 3.73. The first-order chi connectivity index (χ1) is 8.97. The molecule has 9 heteroatoms. The Morgan fingerprint density at radius 3 is 2.89 bits per heavy atom. The van der Waals surface area contributed by atoms with E-state index in [0.717, 1.165) is 6.20 Å². The van der Waals surface area contributed by atoms with Crippen molar-refractivity contribution in [3.05, 3.63) is 22.5 Å². The second kappa shape index (κ2) is 7.10. The molecule has 8 nitrogen and oxygen atoms in total. The fraction of sp³-hybridized carbons (Fsp3) is 0.600. The quantitative estimate of drug-likeness (QED) is 0.540. The highest BCUT2D eigenvalue weighted by Crippen LogP contribution is 2.10. The Kier molecular flexibility index (Phi) is 5.77. The normalized spacial score (nSPS) is 13.8. The van der Waals surface area contributed by atoms with Gasteiger partial charge in [0.2, 0.25) is 5.91 Å². The van der Waals surface area contributed by atoms with Gasteiger partial charge in [-0.05, 0) is 13.2 Å². The molecule has 0 aliphatic heterocycles. The highest BCUT2D eigenvalue weighted by molar-refractivity contribution is 7.99. The molecule has 0 spiro atoms. The number of carbonyl (C=O) groups excluding carboxylic acids is 1. The first-order valence-corrected chi connectivity index (χ1v) is 6.86. The monoisotopic (exact) mass is 288 g/mol. The van der Waals surface area contributed by atoms with Crippen molar-refractivity contribution in [3.8, 4) is 0 Å². The molecule has 1 aromatic rings. The second-order valence-electron chi connectivity index (χ2n) is 3.97. The van der Waals surface area contributed by atoms with Gasteiger partial charge in [0, 0.05) is 11.3 Å². The number of nitrogens with one attached hydrogen (secondary N) is 1. The molecule has 1 amide bonds. The van der Waals surface area contributed by atoms with Crippen molar-refractivity contribution in [2.24, 2.45) is 0 Å². The van der Waals surface area contributed by atoms with Crippen molar-refractivity contribution in [1.82, 2.24) is 15.1 Å². The molecule has 0 bridgehead atoms. The molecule has 0 aliphatic carbocycles. The Morgan fingerprint density at radius 1 is 1.74 bits per heavy atom. The zero-order valence-electron chi connectivity index (χ0n) is 10.6. The summed E-state index contributed by atoms with van der Waals surface area (Å²) in [6, 6.07) is -0.196. The SMILES string of the molecule is CSC(CO)C(C)NC(=O)Cn1cc([N+](=O)[O-])cn1.